The summed E-state index contributed by atoms with van der Waals surface area (Å²) in [7, 11) is 0. The molecule has 2 amide bonds. The minimum atomic E-state index is -0.334. The highest BCUT2D eigenvalue weighted by molar-refractivity contribution is 8.19. The van der Waals surface area contributed by atoms with Crippen molar-refractivity contribution in [1.82, 2.24) is 0 Å². The first-order valence-electron chi connectivity index (χ1n) is 7.70. The summed E-state index contributed by atoms with van der Waals surface area (Å²) in [6, 6.07) is 22.2. The molecule has 3 aromatic rings. The van der Waals surface area contributed by atoms with E-state index in [4.69, 9.17) is 4.42 Å². The first-order valence-corrected chi connectivity index (χ1v) is 8.52. The largest absolute Gasteiger partial charge is 0.457 e. The smallest absolute Gasteiger partial charge is 0.298 e. The molecule has 2 heterocycles. The van der Waals surface area contributed by atoms with Gasteiger partial charge in [-0.1, -0.05) is 48.5 Å². The van der Waals surface area contributed by atoms with Crippen molar-refractivity contribution in [2.75, 3.05) is 4.90 Å². The summed E-state index contributed by atoms with van der Waals surface area (Å²) < 4.78 is 5.78. The molecule has 0 N–H and O–H groups in total. The van der Waals surface area contributed by atoms with Crippen LogP contribution in [0.1, 0.15) is 5.76 Å². The lowest BCUT2D eigenvalue weighted by Gasteiger charge is -2.11. The van der Waals surface area contributed by atoms with E-state index < -0.39 is 0 Å². The number of carbonyl (C=O) groups is 2. The number of carbonyl (C=O) groups excluding carboxylic acids is 2. The molecule has 4 nitrogen and oxygen atoms in total. The molecule has 1 saturated heterocycles. The molecule has 4 rings (SSSR count). The molecule has 0 radical (unpaired) electrons. The Bertz CT molecular complexity index is 961. The standard InChI is InChI=1S/C20H13NO3S/c22-19-18(25-20(23)21(19)15-9-5-2-6-10-15)13-16-11-12-17(24-16)14-7-3-1-4-8-14/h1-13H. The number of furan rings is 1. The molecule has 0 bridgehead atoms. The van der Waals surface area contributed by atoms with Crippen LogP contribution in [0, 0.1) is 0 Å². The molecule has 1 fully saturated rings. The fraction of sp³-hybridized carbons (Fsp3) is 0. The summed E-state index contributed by atoms with van der Waals surface area (Å²) in [6.45, 7) is 0. The highest BCUT2D eigenvalue weighted by Crippen LogP contribution is 2.36. The highest BCUT2D eigenvalue weighted by Gasteiger charge is 2.36. The predicted molar refractivity (Wildman–Crippen MR) is 99.0 cm³/mol. The van der Waals surface area contributed by atoms with Crippen LogP contribution in [0.4, 0.5) is 10.5 Å². The van der Waals surface area contributed by atoms with E-state index in [1.165, 1.54) is 4.90 Å². The van der Waals surface area contributed by atoms with Crippen molar-refractivity contribution in [2.45, 2.75) is 0 Å². The second kappa shape index (κ2) is 6.45. The molecule has 1 aliphatic heterocycles. The van der Waals surface area contributed by atoms with E-state index in [-0.39, 0.29) is 11.1 Å². The molecule has 0 atom stereocenters. The maximum absolute atomic E-state index is 12.6. The van der Waals surface area contributed by atoms with Gasteiger partial charge < -0.3 is 4.42 Å². The van der Waals surface area contributed by atoms with Gasteiger partial charge in [-0.15, -0.1) is 0 Å². The van der Waals surface area contributed by atoms with Crippen LogP contribution in [0.2, 0.25) is 0 Å². The van der Waals surface area contributed by atoms with Crippen molar-refractivity contribution in [3.63, 3.8) is 0 Å². The van der Waals surface area contributed by atoms with Gasteiger partial charge in [0, 0.05) is 11.6 Å². The summed E-state index contributed by atoms with van der Waals surface area (Å²) in [5, 5.41) is -0.308. The van der Waals surface area contributed by atoms with E-state index in [2.05, 4.69) is 0 Å². The van der Waals surface area contributed by atoms with Crippen molar-refractivity contribution in [2.24, 2.45) is 0 Å². The van der Waals surface area contributed by atoms with Crippen molar-refractivity contribution < 1.29 is 14.0 Å². The van der Waals surface area contributed by atoms with Crippen LogP contribution < -0.4 is 4.90 Å². The monoisotopic (exact) mass is 347 g/mol. The minimum absolute atomic E-state index is 0.308. The molecule has 1 aliphatic rings. The molecule has 122 valence electrons. The van der Waals surface area contributed by atoms with Crippen LogP contribution in [-0.4, -0.2) is 11.1 Å². The normalized spacial score (nSPS) is 16.0. The Balaban J connectivity index is 1.62. The van der Waals surface area contributed by atoms with Gasteiger partial charge in [0.15, 0.2) is 0 Å². The molecule has 0 saturated carbocycles. The summed E-state index contributed by atoms with van der Waals surface area (Å²) >= 11 is 0.915. The third kappa shape index (κ3) is 3.02. The van der Waals surface area contributed by atoms with Gasteiger partial charge in [0.05, 0.1) is 10.6 Å². The van der Waals surface area contributed by atoms with Crippen LogP contribution in [0.5, 0.6) is 0 Å². The van der Waals surface area contributed by atoms with Gasteiger partial charge in [-0.2, -0.15) is 0 Å². The number of benzene rings is 2. The molecule has 0 aliphatic carbocycles. The minimum Gasteiger partial charge on any atom is -0.457 e. The Morgan fingerprint density at radius 1 is 0.840 bits per heavy atom. The summed E-state index contributed by atoms with van der Waals surface area (Å²) in [5.74, 6) is 0.922. The van der Waals surface area contributed by atoms with Gasteiger partial charge in [0.2, 0.25) is 0 Å². The molecule has 25 heavy (non-hydrogen) atoms. The molecular weight excluding hydrogens is 334 g/mol. The lowest BCUT2D eigenvalue weighted by molar-refractivity contribution is -0.113. The van der Waals surface area contributed by atoms with E-state index in [1.54, 1.807) is 36.4 Å². The van der Waals surface area contributed by atoms with Crippen molar-refractivity contribution in [3.05, 3.63) is 83.5 Å². The predicted octanol–water partition coefficient (Wildman–Crippen LogP) is 5.19. The van der Waals surface area contributed by atoms with Crippen LogP contribution in [0.25, 0.3) is 17.4 Å². The van der Waals surface area contributed by atoms with Gasteiger partial charge >= 0.3 is 0 Å². The van der Waals surface area contributed by atoms with Crippen LogP contribution in [-0.2, 0) is 4.79 Å². The summed E-state index contributed by atoms with van der Waals surface area (Å²) in [5.41, 5.74) is 1.53. The molecule has 0 spiro atoms. The van der Waals surface area contributed by atoms with Gasteiger partial charge in [-0.05, 0) is 36.0 Å². The average Bonchev–Trinajstić information content (AvgIpc) is 3.22. The topological polar surface area (TPSA) is 50.5 Å². The third-order valence-electron chi connectivity index (χ3n) is 3.77. The number of thioether (sulfide) groups is 1. The van der Waals surface area contributed by atoms with Crippen LogP contribution in [0.3, 0.4) is 0 Å². The fourth-order valence-electron chi connectivity index (χ4n) is 2.58. The maximum atomic E-state index is 12.6. The second-order valence-corrected chi connectivity index (χ2v) is 6.41. The first kappa shape index (κ1) is 15.5. The van der Waals surface area contributed by atoms with Crippen molar-refractivity contribution in [3.8, 4) is 11.3 Å². The molecule has 2 aromatic carbocycles. The Kier molecular flexibility index (Phi) is 3.99. The number of nitrogens with zero attached hydrogens (tertiary/aromatic N) is 1. The summed E-state index contributed by atoms with van der Waals surface area (Å²) in [4.78, 5) is 26.3. The number of rotatable bonds is 3. The first-order chi connectivity index (χ1) is 12.2. The number of anilines is 1. The van der Waals surface area contributed by atoms with E-state index in [9.17, 15) is 9.59 Å². The maximum Gasteiger partial charge on any atom is 0.298 e. The lowest BCUT2D eigenvalue weighted by Crippen LogP contribution is -2.27. The Morgan fingerprint density at radius 3 is 2.24 bits per heavy atom. The Labute approximate surface area is 148 Å². The van der Waals surface area contributed by atoms with E-state index in [0.29, 0.717) is 22.1 Å². The van der Waals surface area contributed by atoms with Gasteiger partial charge in [0.25, 0.3) is 11.1 Å². The number of amides is 2. The quantitative estimate of drug-likeness (QED) is 0.612. The SMILES string of the molecule is O=C1SC(=Cc2ccc(-c3ccccc3)o2)C(=O)N1c1ccccc1. The van der Waals surface area contributed by atoms with Gasteiger partial charge in [0.1, 0.15) is 11.5 Å². The van der Waals surface area contributed by atoms with Crippen LogP contribution >= 0.6 is 11.8 Å². The zero-order chi connectivity index (χ0) is 17.2. The van der Waals surface area contributed by atoms with Crippen LogP contribution in [0.15, 0.2) is 82.1 Å². The number of imide groups is 1. The lowest BCUT2D eigenvalue weighted by atomic mass is 10.2. The molecule has 5 heteroatoms. The fourth-order valence-corrected chi connectivity index (χ4v) is 3.41. The Hall–Kier alpha value is -3.05. The van der Waals surface area contributed by atoms with E-state index in [1.807, 2.05) is 42.5 Å². The molecule has 1 aromatic heterocycles. The van der Waals surface area contributed by atoms with E-state index in [0.717, 1.165) is 17.3 Å². The summed E-state index contributed by atoms with van der Waals surface area (Å²) in [6.07, 6.45) is 1.61. The molecular formula is C20H13NO3S. The zero-order valence-corrected chi connectivity index (χ0v) is 13.9. The molecule has 0 unspecified atom stereocenters. The number of hydrogen-bond donors (Lipinski definition) is 0. The second-order valence-electron chi connectivity index (χ2n) is 5.42. The van der Waals surface area contributed by atoms with Crippen molar-refractivity contribution in [1.29, 1.82) is 0 Å². The number of para-hydroxylation sites is 1. The highest BCUT2D eigenvalue weighted by atomic mass is 32.2. The third-order valence-corrected chi connectivity index (χ3v) is 4.64. The Morgan fingerprint density at radius 2 is 1.52 bits per heavy atom. The van der Waals surface area contributed by atoms with Gasteiger partial charge in [-0.3, -0.25) is 9.59 Å². The van der Waals surface area contributed by atoms with Crippen molar-refractivity contribution >= 4 is 34.7 Å². The van der Waals surface area contributed by atoms with Gasteiger partial charge in [-0.25, -0.2) is 4.90 Å². The number of hydrogen-bond acceptors (Lipinski definition) is 4. The zero-order valence-electron chi connectivity index (χ0n) is 13.1. The average molecular weight is 347 g/mol. The van der Waals surface area contributed by atoms with E-state index >= 15 is 0 Å².